The van der Waals surface area contributed by atoms with Crippen molar-refractivity contribution in [1.82, 2.24) is 10.6 Å². The van der Waals surface area contributed by atoms with E-state index in [1.54, 1.807) is 6.08 Å². The number of allylic oxidation sites excluding steroid dienone is 5. The number of hydrogen-bond acceptors (Lipinski definition) is 1. The molecule has 2 amide bonds. The van der Waals surface area contributed by atoms with Gasteiger partial charge in [-0.25, -0.2) is 4.79 Å². The minimum Gasteiger partial charge on any atom is -0.335 e. The van der Waals surface area contributed by atoms with E-state index < -0.39 is 0 Å². The summed E-state index contributed by atoms with van der Waals surface area (Å²) in [6.07, 6.45) is 12.7. The molecule has 0 aromatic heterocycles. The first-order valence-electron chi connectivity index (χ1n) is 8.03. The molecule has 124 valence electrons. The lowest BCUT2D eigenvalue weighted by atomic mass is 10.1. The summed E-state index contributed by atoms with van der Waals surface area (Å²) in [4.78, 5) is 11.3. The molecule has 0 unspecified atom stereocenters. The molecule has 0 spiro atoms. The molecule has 0 fully saturated rings. The Labute approximate surface area is 136 Å². The second-order valence-corrected chi connectivity index (χ2v) is 5.84. The molecular weight excluding hydrogens is 272 g/mol. The Hall–Kier alpha value is -1.77. The normalized spacial score (nSPS) is 11.8. The van der Waals surface area contributed by atoms with E-state index in [0.29, 0.717) is 13.1 Å². The summed E-state index contributed by atoms with van der Waals surface area (Å²) in [7, 11) is 0. The lowest BCUT2D eigenvalue weighted by Crippen LogP contribution is -2.35. The van der Waals surface area contributed by atoms with Gasteiger partial charge < -0.3 is 10.6 Å². The van der Waals surface area contributed by atoms with E-state index in [4.69, 9.17) is 0 Å². The van der Waals surface area contributed by atoms with Crippen LogP contribution in [0.4, 0.5) is 4.79 Å². The van der Waals surface area contributed by atoms with Crippen molar-refractivity contribution in [2.24, 2.45) is 0 Å². The Kier molecular flexibility index (Phi) is 11.9. The van der Waals surface area contributed by atoms with Gasteiger partial charge in [-0.1, -0.05) is 41.0 Å². The van der Waals surface area contributed by atoms with Gasteiger partial charge in [0, 0.05) is 13.1 Å². The molecule has 3 heteroatoms. The van der Waals surface area contributed by atoms with Crippen LogP contribution in [0.5, 0.6) is 0 Å². The minimum atomic E-state index is -0.154. The summed E-state index contributed by atoms with van der Waals surface area (Å²) in [5.74, 6) is 0. The first-order valence-corrected chi connectivity index (χ1v) is 8.03. The Morgan fingerprint density at radius 1 is 0.864 bits per heavy atom. The van der Waals surface area contributed by atoms with Crippen molar-refractivity contribution in [2.45, 2.75) is 53.4 Å². The summed E-state index contributed by atoms with van der Waals surface area (Å²) >= 11 is 0. The quantitative estimate of drug-likeness (QED) is 0.554. The zero-order valence-corrected chi connectivity index (χ0v) is 14.7. The molecule has 3 nitrogen and oxygen atoms in total. The van der Waals surface area contributed by atoms with Crippen LogP contribution in [-0.2, 0) is 0 Å². The second kappa shape index (κ2) is 12.9. The molecule has 0 aromatic carbocycles. The molecule has 0 aromatic rings. The van der Waals surface area contributed by atoms with Gasteiger partial charge in [-0.3, -0.25) is 0 Å². The van der Waals surface area contributed by atoms with E-state index in [9.17, 15) is 4.79 Å². The lowest BCUT2D eigenvalue weighted by Gasteiger charge is -2.04. The highest BCUT2D eigenvalue weighted by Crippen LogP contribution is 2.11. The van der Waals surface area contributed by atoms with Gasteiger partial charge in [0.2, 0.25) is 0 Å². The number of rotatable bonds is 10. The summed E-state index contributed by atoms with van der Waals surface area (Å²) in [6, 6.07) is -0.154. The van der Waals surface area contributed by atoms with E-state index in [2.05, 4.69) is 63.1 Å². The maximum absolute atomic E-state index is 11.3. The molecule has 0 radical (unpaired) electrons. The first kappa shape index (κ1) is 20.2. The fourth-order valence-corrected chi connectivity index (χ4v) is 1.88. The molecule has 2 N–H and O–H groups in total. The maximum Gasteiger partial charge on any atom is 0.315 e. The zero-order valence-electron chi connectivity index (χ0n) is 14.7. The van der Waals surface area contributed by atoms with Crippen molar-refractivity contribution < 1.29 is 4.79 Å². The van der Waals surface area contributed by atoms with Crippen LogP contribution in [0.2, 0.25) is 0 Å². The van der Waals surface area contributed by atoms with Gasteiger partial charge in [0.25, 0.3) is 0 Å². The Morgan fingerprint density at radius 2 is 1.41 bits per heavy atom. The summed E-state index contributed by atoms with van der Waals surface area (Å²) in [6.45, 7) is 13.2. The molecule has 22 heavy (non-hydrogen) atoms. The number of amides is 2. The molecule has 0 heterocycles. The molecule has 0 atom stereocenters. The first-order chi connectivity index (χ1) is 10.5. The third-order valence-corrected chi connectivity index (χ3v) is 3.24. The summed E-state index contributed by atoms with van der Waals surface area (Å²) in [5.41, 5.74) is 4.14. The van der Waals surface area contributed by atoms with Gasteiger partial charge in [0.05, 0.1) is 0 Å². The van der Waals surface area contributed by atoms with Gasteiger partial charge in [-0.05, 0) is 53.4 Å². The van der Waals surface area contributed by atoms with Crippen molar-refractivity contribution in [3.8, 4) is 0 Å². The highest BCUT2D eigenvalue weighted by molar-refractivity contribution is 5.74. The van der Waals surface area contributed by atoms with E-state index in [-0.39, 0.29) is 6.03 Å². The van der Waals surface area contributed by atoms with E-state index >= 15 is 0 Å². The molecule has 0 aliphatic carbocycles. The third kappa shape index (κ3) is 13.2. The topological polar surface area (TPSA) is 41.1 Å². The molecule has 0 aliphatic heterocycles. The third-order valence-electron chi connectivity index (χ3n) is 3.24. The van der Waals surface area contributed by atoms with Crippen LogP contribution in [0.1, 0.15) is 53.4 Å². The van der Waals surface area contributed by atoms with E-state index in [0.717, 1.165) is 25.7 Å². The van der Waals surface area contributed by atoms with Crippen LogP contribution < -0.4 is 10.6 Å². The van der Waals surface area contributed by atoms with Gasteiger partial charge in [0.1, 0.15) is 0 Å². The number of hydrogen-bond donors (Lipinski definition) is 2. The predicted molar refractivity (Wildman–Crippen MR) is 97.0 cm³/mol. The monoisotopic (exact) mass is 304 g/mol. The van der Waals surface area contributed by atoms with Crippen molar-refractivity contribution in [2.75, 3.05) is 13.1 Å². The molecule has 0 bridgehead atoms. The molecule has 0 saturated heterocycles. The highest BCUT2D eigenvalue weighted by Gasteiger charge is 1.95. The van der Waals surface area contributed by atoms with Crippen LogP contribution in [0.3, 0.4) is 0 Å². The fraction of sp³-hybridized carbons (Fsp3) is 0.526. The number of carbonyl (C=O) groups excluding carboxylic acids is 1. The summed E-state index contributed by atoms with van der Waals surface area (Å²) < 4.78 is 0. The smallest absolute Gasteiger partial charge is 0.315 e. The minimum absolute atomic E-state index is 0.154. The van der Waals surface area contributed by atoms with Crippen molar-refractivity contribution >= 4 is 6.03 Å². The Morgan fingerprint density at radius 3 is 2.00 bits per heavy atom. The standard InChI is InChI=1S/C19H32N2O/c1-6-14-20-19(22)21-15-13-18(5)12-8-11-17(4)10-7-9-16(2)3/h6,9,11,13H,1,7-8,10,12,14-15H2,2-5H3,(H2,20,21,22). The Bertz CT molecular complexity index is 427. The van der Waals surface area contributed by atoms with Gasteiger partial charge in [-0.2, -0.15) is 0 Å². The van der Waals surface area contributed by atoms with Crippen molar-refractivity contribution in [3.63, 3.8) is 0 Å². The van der Waals surface area contributed by atoms with Gasteiger partial charge >= 0.3 is 6.03 Å². The molecule has 0 rings (SSSR count). The van der Waals surface area contributed by atoms with Crippen LogP contribution >= 0.6 is 0 Å². The fourth-order valence-electron chi connectivity index (χ4n) is 1.88. The van der Waals surface area contributed by atoms with E-state index in [1.165, 1.54) is 16.7 Å². The largest absolute Gasteiger partial charge is 0.335 e. The molecule has 0 saturated carbocycles. The average Bonchev–Trinajstić information content (AvgIpc) is 2.44. The van der Waals surface area contributed by atoms with Crippen LogP contribution in [0.25, 0.3) is 0 Å². The maximum atomic E-state index is 11.3. The van der Waals surface area contributed by atoms with Crippen LogP contribution in [-0.4, -0.2) is 19.1 Å². The number of urea groups is 1. The summed E-state index contributed by atoms with van der Waals surface area (Å²) in [5, 5.41) is 5.47. The van der Waals surface area contributed by atoms with Crippen LogP contribution in [0.15, 0.2) is 47.6 Å². The van der Waals surface area contributed by atoms with Crippen molar-refractivity contribution in [3.05, 3.63) is 47.6 Å². The predicted octanol–water partition coefficient (Wildman–Crippen LogP) is 4.89. The molecular formula is C19H32N2O. The SMILES string of the molecule is C=CCNC(=O)NCC=C(C)CCC=C(C)CCC=C(C)C. The van der Waals surface area contributed by atoms with E-state index in [1.807, 2.05) is 0 Å². The van der Waals surface area contributed by atoms with Gasteiger partial charge in [0.15, 0.2) is 0 Å². The Balaban J connectivity index is 3.89. The molecule has 0 aliphatic rings. The zero-order chi connectivity index (χ0) is 16.8. The number of nitrogens with one attached hydrogen (secondary N) is 2. The van der Waals surface area contributed by atoms with Gasteiger partial charge in [-0.15, -0.1) is 6.58 Å². The number of carbonyl (C=O) groups is 1. The van der Waals surface area contributed by atoms with Crippen LogP contribution in [0, 0.1) is 0 Å². The average molecular weight is 304 g/mol. The highest BCUT2D eigenvalue weighted by atomic mass is 16.2. The second-order valence-electron chi connectivity index (χ2n) is 5.84. The lowest BCUT2D eigenvalue weighted by molar-refractivity contribution is 0.243. The van der Waals surface area contributed by atoms with Crippen molar-refractivity contribution in [1.29, 1.82) is 0 Å².